The molecule has 3 aromatic rings. The van der Waals surface area contributed by atoms with Crippen LogP contribution in [-0.2, 0) is 4.79 Å². The second-order valence-electron chi connectivity index (χ2n) is 6.34. The molecule has 3 aromatic heterocycles. The minimum Gasteiger partial charge on any atom is -0.348 e. The first-order valence-corrected chi connectivity index (χ1v) is 8.97. The molecular weight excluding hydrogens is 338 g/mol. The molecule has 25 heavy (non-hydrogen) atoms. The Morgan fingerprint density at radius 3 is 2.88 bits per heavy atom. The molecule has 5 rings (SSSR count). The summed E-state index contributed by atoms with van der Waals surface area (Å²) in [7, 11) is 0. The predicted octanol–water partition coefficient (Wildman–Crippen LogP) is 2.45. The molecule has 0 fully saturated rings. The number of aromatic amines is 3. The van der Waals surface area contributed by atoms with Crippen molar-refractivity contribution >= 4 is 22.9 Å². The number of fused-ring (bicyclic) bond motifs is 1. The van der Waals surface area contributed by atoms with Crippen molar-refractivity contribution in [1.82, 2.24) is 20.2 Å². The van der Waals surface area contributed by atoms with E-state index in [-0.39, 0.29) is 17.3 Å². The van der Waals surface area contributed by atoms with Crippen LogP contribution in [0.1, 0.15) is 40.9 Å². The number of nitrogens with one attached hydrogen (secondary N) is 4. The highest BCUT2D eigenvalue weighted by Gasteiger charge is 2.41. The maximum Gasteiger partial charge on any atom is 0.270 e. The third-order valence-corrected chi connectivity index (χ3v) is 5.95. The molecule has 0 aromatic carbocycles. The molecular formula is C17H15N5O2S. The number of carbonyl (C=O) groups excluding carboxylic acids is 1. The van der Waals surface area contributed by atoms with Gasteiger partial charge in [0.2, 0.25) is 0 Å². The van der Waals surface area contributed by atoms with Crippen LogP contribution in [-0.4, -0.2) is 25.9 Å². The molecule has 0 amide bonds. The maximum absolute atomic E-state index is 13.0. The number of rotatable bonds is 2. The zero-order valence-electron chi connectivity index (χ0n) is 13.1. The smallest absolute Gasteiger partial charge is 0.270 e. The number of allylic oxidation sites excluding steroid dienone is 2. The highest BCUT2D eigenvalue weighted by Crippen LogP contribution is 2.46. The molecule has 0 radical (unpaired) electrons. The summed E-state index contributed by atoms with van der Waals surface area (Å²) in [5, 5.41) is 10.8. The molecule has 0 saturated carbocycles. The van der Waals surface area contributed by atoms with Gasteiger partial charge in [0.15, 0.2) is 5.78 Å². The third kappa shape index (κ3) is 2.14. The Bertz CT molecular complexity index is 1030. The van der Waals surface area contributed by atoms with Gasteiger partial charge in [0.25, 0.3) is 5.56 Å². The topological polar surface area (TPSA) is 106 Å². The first kappa shape index (κ1) is 14.5. The number of H-pyrrole nitrogens is 3. The quantitative estimate of drug-likeness (QED) is 0.568. The van der Waals surface area contributed by atoms with Crippen molar-refractivity contribution in [2.75, 3.05) is 5.32 Å². The Balaban J connectivity index is 1.66. The summed E-state index contributed by atoms with van der Waals surface area (Å²) in [6.45, 7) is 0. The second-order valence-corrected chi connectivity index (χ2v) is 7.32. The van der Waals surface area contributed by atoms with Gasteiger partial charge in [-0.2, -0.15) is 0 Å². The van der Waals surface area contributed by atoms with Crippen molar-refractivity contribution < 1.29 is 4.79 Å². The fourth-order valence-corrected chi connectivity index (χ4v) is 4.68. The minimum absolute atomic E-state index is 0.0693. The van der Waals surface area contributed by atoms with Gasteiger partial charge in [-0.15, -0.1) is 11.3 Å². The lowest BCUT2D eigenvalue weighted by molar-refractivity contribution is -0.116. The lowest BCUT2D eigenvalue weighted by Crippen LogP contribution is -2.31. The van der Waals surface area contributed by atoms with E-state index in [0.29, 0.717) is 29.2 Å². The minimum atomic E-state index is -0.465. The zero-order valence-corrected chi connectivity index (χ0v) is 13.9. The highest BCUT2D eigenvalue weighted by atomic mass is 32.1. The van der Waals surface area contributed by atoms with Crippen LogP contribution in [0.2, 0.25) is 0 Å². The number of anilines is 1. The van der Waals surface area contributed by atoms with E-state index in [2.05, 4.69) is 31.5 Å². The first-order valence-electron chi connectivity index (χ1n) is 8.09. The van der Waals surface area contributed by atoms with Gasteiger partial charge in [-0.3, -0.25) is 19.8 Å². The molecule has 8 heteroatoms. The largest absolute Gasteiger partial charge is 0.348 e. The molecule has 4 N–H and O–H groups in total. The van der Waals surface area contributed by atoms with Crippen molar-refractivity contribution in [2.45, 2.75) is 24.7 Å². The van der Waals surface area contributed by atoms with Crippen LogP contribution in [0.3, 0.4) is 0 Å². The van der Waals surface area contributed by atoms with Crippen molar-refractivity contribution in [2.24, 2.45) is 0 Å². The zero-order chi connectivity index (χ0) is 17.0. The highest BCUT2D eigenvalue weighted by molar-refractivity contribution is 7.10. The van der Waals surface area contributed by atoms with E-state index < -0.39 is 5.92 Å². The molecule has 0 spiro atoms. The molecule has 7 nitrogen and oxygen atoms in total. The summed E-state index contributed by atoms with van der Waals surface area (Å²) in [6.07, 6.45) is 4.54. The number of ketones is 1. The average molecular weight is 353 g/mol. The molecule has 126 valence electrons. The Kier molecular flexibility index (Phi) is 3.08. The third-order valence-electron chi connectivity index (χ3n) is 4.91. The number of hydrogen-bond donors (Lipinski definition) is 4. The standard InChI is InChI=1S/C17H15N5O2S/c23-10-7-8(11-2-1-5-25-11)6-9-12(10)13(15-18-3-4-19-15)14-16(20-9)21-22-17(14)24/h1-5,8,13H,6-7H2,(H,18,19)(H3,20,21,22,24). The first-order chi connectivity index (χ1) is 12.2. The fraction of sp³-hybridized carbons (Fsp3) is 0.235. The molecule has 4 heterocycles. The summed E-state index contributed by atoms with van der Waals surface area (Å²) in [4.78, 5) is 33.9. The number of thiophene rings is 1. The number of aromatic nitrogens is 4. The van der Waals surface area contributed by atoms with Crippen LogP contribution in [0.15, 0.2) is 46.0 Å². The lowest BCUT2D eigenvalue weighted by Gasteiger charge is -2.33. The van der Waals surface area contributed by atoms with Crippen LogP contribution in [0, 0.1) is 0 Å². The fourth-order valence-electron chi connectivity index (χ4n) is 3.85. The van der Waals surface area contributed by atoms with Gasteiger partial charge in [0, 0.05) is 40.9 Å². The van der Waals surface area contributed by atoms with E-state index >= 15 is 0 Å². The van der Waals surface area contributed by atoms with Crippen LogP contribution >= 0.6 is 11.3 Å². The van der Waals surface area contributed by atoms with Crippen LogP contribution < -0.4 is 10.9 Å². The maximum atomic E-state index is 13.0. The molecule has 0 bridgehead atoms. The van der Waals surface area contributed by atoms with Gasteiger partial charge in [0.1, 0.15) is 11.6 Å². The van der Waals surface area contributed by atoms with E-state index in [9.17, 15) is 9.59 Å². The SMILES string of the molecule is O=C1CC(c2cccs2)CC2=C1C(c1ncc[nH]1)c1c([nH][nH]c1=O)N2. The number of hydrogen-bond acceptors (Lipinski definition) is 5. The van der Waals surface area contributed by atoms with Crippen LogP contribution in [0.5, 0.6) is 0 Å². The number of Topliss-reactive ketones (excluding diaryl/α,β-unsaturated/α-hetero) is 1. The lowest BCUT2D eigenvalue weighted by atomic mass is 9.76. The van der Waals surface area contributed by atoms with Gasteiger partial charge < -0.3 is 10.3 Å². The van der Waals surface area contributed by atoms with Crippen LogP contribution in [0.25, 0.3) is 0 Å². The molecule has 0 saturated heterocycles. The van der Waals surface area contributed by atoms with E-state index in [4.69, 9.17) is 0 Å². The van der Waals surface area contributed by atoms with E-state index in [1.54, 1.807) is 23.7 Å². The van der Waals surface area contributed by atoms with Gasteiger partial charge >= 0.3 is 0 Å². The molecule has 2 aliphatic rings. The van der Waals surface area contributed by atoms with Crippen molar-refractivity contribution in [3.63, 3.8) is 0 Å². The number of carbonyl (C=O) groups is 1. The van der Waals surface area contributed by atoms with Crippen LogP contribution in [0.4, 0.5) is 5.82 Å². The van der Waals surface area contributed by atoms with Gasteiger partial charge in [-0.25, -0.2) is 4.98 Å². The molecule has 1 aliphatic heterocycles. The van der Waals surface area contributed by atoms with Crippen molar-refractivity contribution in [3.05, 3.63) is 67.8 Å². The normalized spacial score (nSPS) is 22.5. The number of nitrogens with zero attached hydrogens (tertiary/aromatic N) is 1. The van der Waals surface area contributed by atoms with Crippen molar-refractivity contribution in [1.29, 1.82) is 0 Å². The predicted molar refractivity (Wildman–Crippen MR) is 93.8 cm³/mol. The summed E-state index contributed by atoms with van der Waals surface area (Å²) in [6, 6.07) is 4.08. The molecule has 2 atom stereocenters. The number of imidazole rings is 1. The average Bonchev–Trinajstić information content (AvgIpc) is 3.36. The monoisotopic (exact) mass is 353 g/mol. The summed E-state index contributed by atoms with van der Waals surface area (Å²) in [5.41, 5.74) is 1.81. The van der Waals surface area contributed by atoms with E-state index in [1.807, 2.05) is 11.4 Å². The van der Waals surface area contributed by atoms with Crippen molar-refractivity contribution in [3.8, 4) is 0 Å². The van der Waals surface area contributed by atoms with E-state index in [0.717, 1.165) is 12.1 Å². The Morgan fingerprint density at radius 1 is 1.20 bits per heavy atom. The summed E-state index contributed by atoms with van der Waals surface area (Å²) < 4.78 is 0. The Morgan fingerprint density at radius 2 is 2.12 bits per heavy atom. The van der Waals surface area contributed by atoms with Gasteiger partial charge in [-0.05, 0) is 17.9 Å². The van der Waals surface area contributed by atoms with E-state index in [1.165, 1.54) is 4.88 Å². The van der Waals surface area contributed by atoms with Gasteiger partial charge in [0.05, 0.1) is 11.5 Å². The molecule has 2 unspecified atom stereocenters. The molecule has 1 aliphatic carbocycles. The van der Waals surface area contributed by atoms with Gasteiger partial charge in [-0.1, -0.05) is 6.07 Å². The Hall–Kier alpha value is -2.87. The summed E-state index contributed by atoms with van der Waals surface area (Å²) >= 11 is 1.67. The Labute approximate surface area is 146 Å². The second kappa shape index (κ2) is 5.32. The summed E-state index contributed by atoms with van der Waals surface area (Å²) in [5.74, 6) is 1.00.